The van der Waals surface area contributed by atoms with E-state index in [2.05, 4.69) is 10.3 Å². The average Bonchev–Trinajstić information content (AvgIpc) is 3.24. The van der Waals surface area contributed by atoms with Crippen LogP contribution in [0.2, 0.25) is 0 Å². The van der Waals surface area contributed by atoms with Gasteiger partial charge in [-0.05, 0) is 29.1 Å². The molecule has 0 aliphatic rings. The molecule has 5 nitrogen and oxygen atoms in total. The van der Waals surface area contributed by atoms with Crippen molar-refractivity contribution in [1.82, 2.24) is 9.97 Å². The molecule has 0 atom stereocenters. The molecule has 2 aromatic carbocycles. The average molecular weight is 386 g/mol. The molecular formula is C22H18N4OS. The van der Waals surface area contributed by atoms with Crippen molar-refractivity contribution in [3.8, 4) is 21.8 Å². The smallest absolute Gasteiger partial charge is 0.230 e. The van der Waals surface area contributed by atoms with Gasteiger partial charge < -0.3 is 11.1 Å². The van der Waals surface area contributed by atoms with Crippen LogP contribution in [0.25, 0.3) is 21.8 Å². The number of benzene rings is 2. The third-order valence-corrected chi connectivity index (χ3v) is 5.08. The SMILES string of the molecule is Nc1ccc(-c2cnc(NC(=O)Cc3ccccc3)c(-c3cccs3)n2)cc1. The Balaban J connectivity index is 1.65. The predicted octanol–water partition coefficient (Wildman–Crippen LogP) is 4.64. The van der Waals surface area contributed by atoms with Crippen molar-refractivity contribution in [2.24, 2.45) is 0 Å². The molecule has 138 valence electrons. The van der Waals surface area contributed by atoms with E-state index in [-0.39, 0.29) is 12.3 Å². The molecule has 0 radical (unpaired) electrons. The summed E-state index contributed by atoms with van der Waals surface area (Å²) in [4.78, 5) is 22.7. The number of nitrogens with one attached hydrogen (secondary N) is 1. The van der Waals surface area contributed by atoms with Crippen LogP contribution in [-0.2, 0) is 11.2 Å². The number of carbonyl (C=O) groups is 1. The second kappa shape index (κ2) is 8.02. The summed E-state index contributed by atoms with van der Waals surface area (Å²) in [6, 6.07) is 21.0. The number of anilines is 2. The van der Waals surface area contributed by atoms with E-state index < -0.39 is 0 Å². The van der Waals surface area contributed by atoms with Crippen LogP contribution in [0.15, 0.2) is 78.3 Å². The van der Waals surface area contributed by atoms with Gasteiger partial charge in [0.25, 0.3) is 0 Å². The molecule has 0 unspecified atom stereocenters. The number of nitrogen functional groups attached to an aromatic ring is 1. The molecule has 0 saturated heterocycles. The van der Waals surface area contributed by atoms with Crippen LogP contribution in [0.1, 0.15) is 5.56 Å². The van der Waals surface area contributed by atoms with Crippen molar-refractivity contribution in [1.29, 1.82) is 0 Å². The van der Waals surface area contributed by atoms with Crippen LogP contribution in [0.4, 0.5) is 11.5 Å². The van der Waals surface area contributed by atoms with Crippen LogP contribution < -0.4 is 11.1 Å². The minimum Gasteiger partial charge on any atom is -0.399 e. The third kappa shape index (κ3) is 4.07. The molecule has 0 fully saturated rings. The lowest BCUT2D eigenvalue weighted by molar-refractivity contribution is -0.115. The number of hydrogen-bond donors (Lipinski definition) is 2. The molecule has 4 rings (SSSR count). The Bertz CT molecular complexity index is 1080. The quantitative estimate of drug-likeness (QED) is 0.490. The van der Waals surface area contributed by atoms with Crippen LogP contribution in [0.3, 0.4) is 0 Å². The van der Waals surface area contributed by atoms with Gasteiger partial charge in [-0.1, -0.05) is 48.5 Å². The highest BCUT2D eigenvalue weighted by Gasteiger charge is 2.15. The zero-order valence-corrected chi connectivity index (χ0v) is 15.8. The van der Waals surface area contributed by atoms with Crippen molar-refractivity contribution < 1.29 is 4.79 Å². The highest BCUT2D eigenvalue weighted by Crippen LogP contribution is 2.31. The minimum atomic E-state index is -0.126. The lowest BCUT2D eigenvalue weighted by atomic mass is 10.1. The number of rotatable bonds is 5. The summed E-state index contributed by atoms with van der Waals surface area (Å²) in [6.45, 7) is 0. The second-order valence-electron chi connectivity index (χ2n) is 6.26. The fraction of sp³-hybridized carbons (Fsp3) is 0.0455. The summed E-state index contributed by atoms with van der Waals surface area (Å²) in [7, 11) is 0. The molecule has 1 amide bonds. The molecule has 0 aliphatic carbocycles. The van der Waals surface area contributed by atoms with E-state index in [0.717, 1.165) is 21.7 Å². The van der Waals surface area contributed by atoms with Gasteiger partial charge in [0.15, 0.2) is 5.82 Å². The summed E-state index contributed by atoms with van der Waals surface area (Å²) in [6.07, 6.45) is 1.95. The normalized spacial score (nSPS) is 10.6. The van der Waals surface area contributed by atoms with Gasteiger partial charge in [-0.25, -0.2) is 9.97 Å². The number of aromatic nitrogens is 2. The van der Waals surface area contributed by atoms with E-state index in [1.165, 1.54) is 0 Å². The van der Waals surface area contributed by atoms with Gasteiger partial charge in [0, 0.05) is 11.3 Å². The number of nitrogens with two attached hydrogens (primary N) is 1. The van der Waals surface area contributed by atoms with Gasteiger partial charge in [0.2, 0.25) is 5.91 Å². The van der Waals surface area contributed by atoms with Gasteiger partial charge in [0.05, 0.1) is 23.2 Å². The third-order valence-electron chi connectivity index (χ3n) is 4.20. The molecule has 0 saturated carbocycles. The first-order valence-corrected chi connectivity index (χ1v) is 9.67. The van der Waals surface area contributed by atoms with E-state index in [4.69, 9.17) is 10.7 Å². The maximum absolute atomic E-state index is 12.5. The number of hydrogen-bond acceptors (Lipinski definition) is 5. The standard InChI is InChI=1S/C22H18N4OS/c23-17-10-8-16(9-11-17)18-14-24-22(21(25-18)19-7-4-12-28-19)26-20(27)13-15-5-2-1-3-6-15/h1-12,14H,13,23H2,(H,24,26,27). The van der Waals surface area contributed by atoms with Crippen molar-refractivity contribution in [3.05, 3.63) is 83.9 Å². The molecule has 6 heteroatoms. The van der Waals surface area contributed by atoms with E-state index in [1.807, 2.05) is 72.1 Å². The van der Waals surface area contributed by atoms with E-state index >= 15 is 0 Å². The topological polar surface area (TPSA) is 80.9 Å². The Morgan fingerprint density at radius 3 is 2.50 bits per heavy atom. The van der Waals surface area contributed by atoms with E-state index in [0.29, 0.717) is 17.2 Å². The van der Waals surface area contributed by atoms with Gasteiger partial charge in [-0.3, -0.25) is 4.79 Å². The molecule has 0 spiro atoms. The maximum Gasteiger partial charge on any atom is 0.230 e. The largest absolute Gasteiger partial charge is 0.399 e. The van der Waals surface area contributed by atoms with E-state index in [9.17, 15) is 4.79 Å². The Hall–Kier alpha value is -3.51. The second-order valence-corrected chi connectivity index (χ2v) is 7.21. The Morgan fingerprint density at radius 1 is 1.00 bits per heavy atom. The molecule has 2 aromatic heterocycles. The number of amides is 1. The molecule has 4 aromatic rings. The first kappa shape index (κ1) is 17.9. The minimum absolute atomic E-state index is 0.126. The summed E-state index contributed by atoms with van der Waals surface area (Å²) < 4.78 is 0. The highest BCUT2D eigenvalue weighted by molar-refractivity contribution is 7.13. The monoisotopic (exact) mass is 386 g/mol. The lowest BCUT2D eigenvalue weighted by Crippen LogP contribution is -2.16. The summed E-state index contributed by atoms with van der Waals surface area (Å²) >= 11 is 1.55. The number of carbonyl (C=O) groups excluding carboxylic acids is 1. The van der Waals surface area contributed by atoms with Gasteiger partial charge in [-0.2, -0.15) is 0 Å². The molecule has 28 heavy (non-hydrogen) atoms. The van der Waals surface area contributed by atoms with Gasteiger partial charge in [0.1, 0.15) is 5.69 Å². The molecule has 2 heterocycles. The highest BCUT2D eigenvalue weighted by atomic mass is 32.1. The molecule has 0 aliphatic heterocycles. The van der Waals surface area contributed by atoms with Crippen LogP contribution in [0, 0.1) is 0 Å². The lowest BCUT2D eigenvalue weighted by Gasteiger charge is -2.11. The van der Waals surface area contributed by atoms with Crippen molar-refractivity contribution in [2.45, 2.75) is 6.42 Å². The number of thiophene rings is 1. The molecule has 3 N–H and O–H groups in total. The van der Waals surface area contributed by atoms with Gasteiger partial charge >= 0.3 is 0 Å². The zero-order valence-electron chi connectivity index (χ0n) is 15.0. The maximum atomic E-state index is 12.5. The first-order chi connectivity index (χ1) is 13.7. The summed E-state index contributed by atoms with van der Waals surface area (Å²) in [5.74, 6) is 0.334. The predicted molar refractivity (Wildman–Crippen MR) is 114 cm³/mol. The Kier molecular flexibility index (Phi) is 5.12. The summed E-state index contributed by atoms with van der Waals surface area (Å²) in [5.41, 5.74) is 9.72. The van der Waals surface area contributed by atoms with Crippen LogP contribution in [-0.4, -0.2) is 15.9 Å². The molecular weight excluding hydrogens is 368 g/mol. The Labute approximate surface area is 166 Å². The summed E-state index contributed by atoms with van der Waals surface area (Å²) in [5, 5.41) is 4.88. The molecule has 0 bridgehead atoms. The van der Waals surface area contributed by atoms with Crippen molar-refractivity contribution in [3.63, 3.8) is 0 Å². The van der Waals surface area contributed by atoms with Crippen molar-refractivity contribution >= 4 is 28.7 Å². The van der Waals surface area contributed by atoms with Crippen molar-refractivity contribution in [2.75, 3.05) is 11.1 Å². The van der Waals surface area contributed by atoms with Gasteiger partial charge in [-0.15, -0.1) is 11.3 Å². The van der Waals surface area contributed by atoms with E-state index in [1.54, 1.807) is 17.5 Å². The fourth-order valence-corrected chi connectivity index (χ4v) is 3.53. The fourth-order valence-electron chi connectivity index (χ4n) is 2.82. The zero-order chi connectivity index (χ0) is 19.3. The first-order valence-electron chi connectivity index (χ1n) is 8.79. The van der Waals surface area contributed by atoms with Crippen LogP contribution >= 0.6 is 11.3 Å². The van der Waals surface area contributed by atoms with Crippen LogP contribution in [0.5, 0.6) is 0 Å². The number of nitrogens with zero attached hydrogens (tertiary/aromatic N) is 2. The Morgan fingerprint density at radius 2 is 1.79 bits per heavy atom.